The summed E-state index contributed by atoms with van der Waals surface area (Å²) < 4.78 is 56.6. The average Bonchev–Trinajstić information content (AvgIpc) is 3.37. The highest BCUT2D eigenvalue weighted by Gasteiger charge is 2.32. The molecule has 10 heteroatoms. The molecule has 1 aliphatic carbocycles. The third kappa shape index (κ3) is 4.32. The monoisotopic (exact) mass is 495 g/mol. The van der Waals surface area contributed by atoms with E-state index >= 15 is 4.39 Å². The van der Waals surface area contributed by atoms with Crippen LogP contribution in [0.25, 0.3) is 16.8 Å². The average molecular weight is 496 g/mol. The molecule has 35 heavy (non-hydrogen) atoms. The number of aromatic nitrogens is 2. The fraction of sp³-hybridized carbons (Fsp3) is 0.200. The van der Waals surface area contributed by atoms with E-state index in [0.717, 1.165) is 12.8 Å². The normalized spacial score (nSPS) is 13.6. The van der Waals surface area contributed by atoms with Crippen LogP contribution in [0.3, 0.4) is 0 Å². The molecule has 1 fully saturated rings. The van der Waals surface area contributed by atoms with Gasteiger partial charge in [0.05, 0.1) is 35.1 Å². The minimum Gasteiger partial charge on any atom is -0.465 e. The first-order valence-electron chi connectivity index (χ1n) is 10.9. The summed E-state index contributed by atoms with van der Waals surface area (Å²) in [5.74, 6) is -0.702. The highest BCUT2D eigenvalue weighted by molar-refractivity contribution is 7.92. The molecule has 0 spiro atoms. The lowest BCUT2D eigenvalue weighted by Crippen LogP contribution is -2.17. The number of esters is 1. The van der Waals surface area contributed by atoms with E-state index < -0.39 is 21.8 Å². The van der Waals surface area contributed by atoms with E-state index in [2.05, 4.69) is 9.88 Å². The van der Waals surface area contributed by atoms with Gasteiger partial charge in [0.15, 0.2) is 0 Å². The molecule has 2 aromatic carbocycles. The van der Waals surface area contributed by atoms with E-state index in [1.54, 1.807) is 48.1 Å². The molecule has 5 rings (SSSR count). The summed E-state index contributed by atoms with van der Waals surface area (Å²) in [4.78, 5) is 12.1. The van der Waals surface area contributed by atoms with Crippen LogP contribution < -0.4 is 4.72 Å². The number of anilines is 1. The molecule has 180 valence electrons. The number of sulfonamides is 1. The molecule has 0 bridgehead atoms. The van der Waals surface area contributed by atoms with Crippen molar-refractivity contribution in [3.05, 3.63) is 83.8 Å². The number of nitrogens with zero attached hydrogens (tertiary/aromatic N) is 2. The molecular formula is C25H22FN3O5S. The van der Waals surface area contributed by atoms with Crippen LogP contribution in [0.2, 0.25) is 0 Å². The lowest BCUT2D eigenvalue weighted by atomic mass is 10.0. The van der Waals surface area contributed by atoms with Crippen molar-refractivity contribution >= 4 is 21.7 Å². The summed E-state index contributed by atoms with van der Waals surface area (Å²) >= 11 is 0. The van der Waals surface area contributed by atoms with E-state index in [9.17, 15) is 13.2 Å². The Kier molecular flexibility index (Phi) is 5.68. The maximum atomic E-state index is 15.2. The van der Waals surface area contributed by atoms with Crippen molar-refractivity contribution in [2.45, 2.75) is 30.6 Å². The molecule has 0 aliphatic heterocycles. The molecule has 0 radical (unpaired) electrons. The van der Waals surface area contributed by atoms with Crippen molar-refractivity contribution in [3.8, 4) is 16.8 Å². The van der Waals surface area contributed by atoms with Crippen LogP contribution in [0.1, 0.15) is 40.4 Å². The summed E-state index contributed by atoms with van der Waals surface area (Å²) in [6.45, 7) is 1.64. The zero-order valence-electron chi connectivity index (χ0n) is 19.0. The Morgan fingerprint density at radius 2 is 1.91 bits per heavy atom. The first kappa shape index (κ1) is 22.9. The summed E-state index contributed by atoms with van der Waals surface area (Å²) in [6, 6.07) is 10.7. The standard InChI is InChI=1S/C25H22FN3O5S/c1-15-20(14-27-34-15)19-12-22(23(13-21(19)26)29-9-3-4-10-29)28-35(31,32)24-11-17(25(30)33-2)7-8-18(24)16-5-6-16/h3-4,7-14,16,28H,5-6H2,1-2H3. The van der Waals surface area contributed by atoms with Crippen LogP contribution in [0.5, 0.6) is 0 Å². The van der Waals surface area contributed by atoms with E-state index in [4.69, 9.17) is 9.26 Å². The second kappa shape index (κ2) is 8.70. The van der Waals surface area contributed by atoms with Gasteiger partial charge < -0.3 is 13.8 Å². The zero-order chi connectivity index (χ0) is 24.7. The highest BCUT2D eigenvalue weighted by atomic mass is 32.2. The SMILES string of the molecule is COC(=O)c1ccc(C2CC2)c(S(=O)(=O)Nc2cc(-c3cnoc3C)c(F)cc2-n2cccc2)c1. The lowest BCUT2D eigenvalue weighted by molar-refractivity contribution is 0.0600. The van der Waals surface area contributed by atoms with Crippen LogP contribution in [-0.4, -0.2) is 31.2 Å². The molecule has 2 heterocycles. The molecule has 0 amide bonds. The molecule has 8 nitrogen and oxygen atoms in total. The Morgan fingerprint density at radius 3 is 2.54 bits per heavy atom. The molecule has 0 unspecified atom stereocenters. The van der Waals surface area contributed by atoms with Gasteiger partial charge in [-0.3, -0.25) is 4.72 Å². The van der Waals surface area contributed by atoms with Gasteiger partial charge >= 0.3 is 5.97 Å². The fourth-order valence-corrected chi connectivity index (χ4v) is 5.45. The Hall–Kier alpha value is -3.92. The number of methoxy groups -OCH3 is 1. The predicted octanol–water partition coefficient (Wildman–Crippen LogP) is 5.04. The van der Waals surface area contributed by atoms with Gasteiger partial charge in [0.2, 0.25) is 0 Å². The summed E-state index contributed by atoms with van der Waals surface area (Å²) in [5, 5.41) is 3.71. The van der Waals surface area contributed by atoms with E-state index in [-0.39, 0.29) is 27.6 Å². The first-order valence-corrected chi connectivity index (χ1v) is 12.4. The number of hydrogen-bond donors (Lipinski definition) is 1. The van der Waals surface area contributed by atoms with Crippen molar-refractivity contribution in [1.82, 2.24) is 9.72 Å². The number of rotatable bonds is 7. The second-order valence-electron chi connectivity index (χ2n) is 8.36. The third-order valence-corrected chi connectivity index (χ3v) is 7.42. The van der Waals surface area contributed by atoms with Gasteiger partial charge in [-0.05, 0) is 61.6 Å². The number of benzene rings is 2. The van der Waals surface area contributed by atoms with Crippen molar-refractivity contribution in [2.75, 3.05) is 11.8 Å². The van der Waals surface area contributed by atoms with Gasteiger partial charge in [0.25, 0.3) is 10.0 Å². The minimum atomic E-state index is -4.17. The number of aryl methyl sites for hydroxylation is 1. The summed E-state index contributed by atoms with van der Waals surface area (Å²) in [7, 11) is -2.93. The second-order valence-corrected chi connectivity index (χ2v) is 10.0. The molecule has 0 atom stereocenters. The number of hydrogen-bond acceptors (Lipinski definition) is 6. The number of carbonyl (C=O) groups excluding carboxylic acids is 1. The van der Waals surface area contributed by atoms with Crippen LogP contribution >= 0.6 is 0 Å². The van der Waals surface area contributed by atoms with Gasteiger partial charge in [-0.25, -0.2) is 17.6 Å². The van der Waals surface area contributed by atoms with Crippen LogP contribution in [0, 0.1) is 12.7 Å². The predicted molar refractivity (Wildman–Crippen MR) is 127 cm³/mol. The summed E-state index contributed by atoms with van der Waals surface area (Å²) in [6.07, 6.45) is 6.48. The quantitative estimate of drug-likeness (QED) is 0.360. The maximum Gasteiger partial charge on any atom is 0.337 e. The van der Waals surface area contributed by atoms with E-state index in [1.807, 2.05) is 0 Å². The molecular weight excluding hydrogens is 473 g/mol. The van der Waals surface area contributed by atoms with Crippen LogP contribution in [0.4, 0.5) is 10.1 Å². The van der Waals surface area contributed by atoms with Gasteiger partial charge in [0, 0.05) is 29.6 Å². The smallest absolute Gasteiger partial charge is 0.337 e. The van der Waals surface area contributed by atoms with Gasteiger partial charge in [-0.2, -0.15) is 0 Å². The molecule has 4 aromatic rings. The molecule has 1 saturated carbocycles. The van der Waals surface area contributed by atoms with Crippen LogP contribution in [-0.2, 0) is 14.8 Å². The molecule has 0 saturated heterocycles. The van der Waals surface area contributed by atoms with E-state index in [0.29, 0.717) is 22.6 Å². The van der Waals surface area contributed by atoms with Crippen LogP contribution in [0.15, 0.2) is 70.5 Å². The maximum absolute atomic E-state index is 15.2. The van der Waals surface area contributed by atoms with Gasteiger partial charge in [-0.1, -0.05) is 11.2 Å². The Morgan fingerprint density at radius 1 is 1.17 bits per heavy atom. The molecule has 1 N–H and O–H groups in total. The van der Waals surface area contributed by atoms with E-state index in [1.165, 1.54) is 31.5 Å². The lowest BCUT2D eigenvalue weighted by Gasteiger charge is -2.18. The number of carbonyl (C=O) groups is 1. The third-order valence-electron chi connectivity index (χ3n) is 5.99. The molecule has 2 aromatic heterocycles. The Balaban J connectivity index is 1.65. The number of nitrogens with one attached hydrogen (secondary N) is 1. The summed E-state index contributed by atoms with van der Waals surface area (Å²) in [5.41, 5.74) is 1.76. The topological polar surface area (TPSA) is 103 Å². The highest BCUT2D eigenvalue weighted by Crippen LogP contribution is 2.44. The van der Waals surface area contributed by atoms with Gasteiger partial charge in [0.1, 0.15) is 11.6 Å². The van der Waals surface area contributed by atoms with Crippen molar-refractivity contribution in [3.63, 3.8) is 0 Å². The van der Waals surface area contributed by atoms with Gasteiger partial charge in [-0.15, -0.1) is 0 Å². The largest absolute Gasteiger partial charge is 0.465 e. The fourth-order valence-electron chi connectivity index (χ4n) is 4.06. The van der Waals surface area contributed by atoms with Crippen molar-refractivity contribution < 1.29 is 26.9 Å². The molecule has 1 aliphatic rings. The van der Waals surface area contributed by atoms with Crippen molar-refractivity contribution in [2.24, 2.45) is 0 Å². The Labute approximate surface area is 201 Å². The minimum absolute atomic E-state index is 0.00612. The zero-order valence-corrected chi connectivity index (χ0v) is 19.8. The number of ether oxygens (including phenoxy) is 1. The number of halogens is 1. The first-order chi connectivity index (χ1) is 16.8. The Bertz CT molecular complexity index is 1520. The van der Waals surface area contributed by atoms with Crippen molar-refractivity contribution in [1.29, 1.82) is 0 Å².